The molecule has 0 saturated carbocycles. The van der Waals surface area contributed by atoms with E-state index in [0.29, 0.717) is 0 Å². The van der Waals surface area contributed by atoms with E-state index in [4.69, 9.17) is 11.5 Å². The minimum Gasteiger partial charge on any atom is -0.330 e. The Morgan fingerprint density at radius 2 is 1.60 bits per heavy atom. The number of rotatable bonds is 2. The van der Waals surface area contributed by atoms with Crippen LogP contribution < -0.4 is 11.5 Å². The first-order chi connectivity index (χ1) is 4.86. The average Bonchev–Trinajstić information content (AvgIpc) is 2.05. The zero-order valence-corrected chi connectivity index (χ0v) is 7.07. The van der Waals surface area contributed by atoms with Gasteiger partial charge in [0.15, 0.2) is 0 Å². The molecule has 2 unspecified atom stereocenters. The highest BCUT2D eigenvalue weighted by atomic mass is 32.2. The van der Waals surface area contributed by atoms with E-state index in [1.54, 1.807) is 0 Å². The van der Waals surface area contributed by atoms with Crippen LogP contribution in [-0.4, -0.2) is 24.6 Å². The van der Waals surface area contributed by atoms with E-state index in [1.807, 2.05) is 11.8 Å². The maximum Gasteiger partial charge on any atom is -0.00269 e. The van der Waals surface area contributed by atoms with Crippen molar-refractivity contribution in [3.05, 3.63) is 0 Å². The van der Waals surface area contributed by atoms with Crippen LogP contribution in [0.2, 0.25) is 0 Å². The van der Waals surface area contributed by atoms with Crippen molar-refractivity contribution in [3.63, 3.8) is 0 Å². The highest BCUT2D eigenvalue weighted by Gasteiger charge is 2.19. The molecule has 2 nitrogen and oxygen atoms in total. The van der Waals surface area contributed by atoms with E-state index in [-0.39, 0.29) is 0 Å². The molecule has 0 bridgehead atoms. The maximum absolute atomic E-state index is 5.57. The lowest BCUT2D eigenvalue weighted by molar-refractivity contribution is 0.425. The van der Waals surface area contributed by atoms with Crippen LogP contribution in [0.4, 0.5) is 0 Å². The van der Waals surface area contributed by atoms with E-state index in [0.717, 1.165) is 24.9 Å². The van der Waals surface area contributed by atoms with Crippen molar-refractivity contribution in [3.8, 4) is 0 Å². The summed E-state index contributed by atoms with van der Waals surface area (Å²) in [6, 6.07) is 0. The molecule has 1 aliphatic heterocycles. The predicted octanol–water partition coefficient (Wildman–Crippen LogP) is 0.273. The van der Waals surface area contributed by atoms with Gasteiger partial charge < -0.3 is 11.5 Å². The Kier molecular flexibility index (Phi) is 3.52. The summed E-state index contributed by atoms with van der Waals surface area (Å²) in [4.78, 5) is 0. The van der Waals surface area contributed by atoms with E-state index in [9.17, 15) is 0 Å². The molecular weight excluding hydrogens is 144 g/mol. The van der Waals surface area contributed by atoms with Gasteiger partial charge >= 0.3 is 0 Å². The summed E-state index contributed by atoms with van der Waals surface area (Å²) in [7, 11) is 0. The molecule has 0 aromatic heterocycles. The van der Waals surface area contributed by atoms with Crippen LogP contribution in [0.3, 0.4) is 0 Å². The fourth-order valence-corrected chi connectivity index (χ4v) is 2.68. The minimum atomic E-state index is 0.729. The van der Waals surface area contributed by atoms with Crippen molar-refractivity contribution >= 4 is 11.8 Å². The zero-order valence-electron chi connectivity index (χ0n) is 6.25. The van der Waals surface area contributed by atoms with Gasteiger partial charge in [0.1, 0.15) is 0 Å². The van der Waals surface area contributed by atoms with Gasteiger partial charge in [-0.25, -0.2) is 0 Å². The van der Waals surface area contributed by atoms with Gasteiger partial charge in [-0.2, -0.15) is 11.8 Å². The van der Waals surface area contributed by atoms with E-state index >= 15 is 0 Å². The van der Waals surface area contributed by atoms with Gasteiger partial charge in [-0.15, -0.1) is 0 Å². The van der Waals surface area contributed by atoms with Crippen LogP contribution in [0.1, 0.15) is 6.42 Å². The normalized spacial score (nSPS) is 34.2. The molecule has 60 valence electrons. The molecule has 1 heterocycles. The van der Waals surface area contributed by atoms with Crippen LogP contribution in [0, 0.1) is 11.8 Å². The highest BCUT2D eigenvalue weighted by molar-refractivity contribution is 7.99. The molecule has 3 heteroatoms. The summed E-state index contributed by atoms with van der Waals surface area (Å²) in [6.07, 6.45) is 1.25. The molecular formula is C7H16N2S. The van der Waals surface area contributed by atoms with Crippen LogP contribution >= 0.6 is 11.8 Å². The fourth-order valence-electron chi connectivity index (χ4n) is 1.34. The second-order valence-corrected chi connectivity index (χ2v) is 4.05. The van der Waals surface area contributed by atoms with Crippen molar-refractivity contribution in [2.75, 3.05) is 24.6 Å². The molecule has 0 radical (unpaired) electrons. The van der Waals surface area contributed by atoms with Crippen LogP contribution in [0.15, 0.2) is 0 Å². The molecule has 0 aromatic rings. The maximum atomic E-state index is 5.57. The number of thioether (sulfide) groups is 1. The third-order valence-corrected chi connectivity index (χ3v) is 3.45. The molecule has 0 amide bonds. The van der Waals surface area contributed by atoms with Crippen LogP contribution in [0.5, 0.6) is 0 Å². The van der Waals surface area contributed by atoms with Gasteiger partial charge in [0.25, 0.3) is 0 Å². The van der Waals surface area contributed by atoms with Crippen LogP contribution in [0.25, 0.3) is 0 Å². The summed E-state index contributed by atoms with van der Waals surface area (Å²) in [6.45, 7) is 1.67. The van der Waals surface area contributed by atoms with Gasteiger partial charge in [0.05, 0.1) is 0 Å². The van der Waals surface area contributed by atoms with Crippen molar-refractivity contribution in [2.24, 2.45) is 23.3 Å². The Hall–Kier alpha value is 0.270. The molecule has 1 aliphatic rings. The van der Waals surface area contributed by atoms with Crippen molar-refractivity contribution in [1.82, 2.24) is 0 Å². The molecule has 10 heavy (non-hydrogen) atoms. The Labute approximate surface area is 66.7 Å². The quantitative estimate of drug-likeness (QED) is 0.610. The monoisotopic (exact) mass is 160 g/mol. The van der Waals surface area contributed by atoms with E-state index < -0.39 is 0 Å². The van der Waals surface area contributed by atoms with E-state index in [1.165, 1.54) is 17.9 Å². The zero-order chi connectivity index (χ0) is 7.40. The summed E-state index contributed by atoms with van der Waals surface area (Å²) in [5.41, 5.74) is 11.1. The first kappa shape index (κ1) is 8.37. The number of nitrogens with two attached hydrogens (primary N) is 2. The summed E-state index contributed by atoms with van der Waals surface area (Å²) >= 11 is 2.00. The fraction of sp³-hybridized carbons (Fsp3) is 1.00. The second-order valence-electron chi connectivity index (χ2n) is 2.98. The molecule has 2 atom stereocenters. The summed E-state index contributed by atoms with van der Waals surface area (Å²) in [5.74, 6) is 3.94. The lowest BCUT2D eigenvalue weighted by atomic mass is 9.97. The summed E-state index contributed by atoms with van der Waals surface area (Å²) in [5, 5.41) is 0. The van der Waals surface area contributed by atoms with Gasteiger partial charge in [-0.3, -0.25) is 0 Å². The lowest BCUT2D eigenvalue weighted by Crippen LogP contribution is -2.29. The third kappa shape index (κ3) is 2.15. The van der Waals surface area contributed by atoms with Crippen molar-refractivity contribution in [2.45, 2.75) is 6.42 Å². The number of hydrogen-bond acceptors (Lipinski definition) is 3. The van der Waals surface area contributed by atoms with Gasteiger partial charge in [-0.05, 0) is 42.9 Å². The Bertz CT molecular complexity index is 87.6. The van der Waals surface area contributed by atoms with E-state index in [2.05, 4.69) is 0 Å². The molecule has 0 aliphatic carbocycles. The molecule has 0 spiro atoms. The second kappa shape index (κ2) is 4.21. The highest BCUT2D eigenvalue weighted by Crippen LogP contribution is 2.25. The Balaban J connectivity index is 2.25. The lowest BCUT2D eigenvalue weighted by Gasteiger charge is -2.26. The van der Waals surface area contributed by atoms with Crippen LogP contribution in [-0.2, 0) is 0 Å². The molecule has 1 saturated heterocycles. The Morgan fingerprint density at radius 1 is 1.10 bits per heavy atom. The van der Waals surface area contributed by atoms with Gasteiger partial charge in [-0.1, -0.05) is 0 Å². The first-order valence-electron chi connectivity index (χ1n) is 3.84. The van der Waals surface area contributed by atoms with Crippen molar-refractivity contribution in [1.29, 1.82) is 0 Å². The predicted molar refractivity (Wildman–Crippen MR) is 47.0 cm³/mol. The number of hydrogen-bond donors (Lipinski definition) is 2. The third-order valence-electron chi connectivity index (χ3n) is 2.04. The molecule has 0 aromatic carbocycles. The Morgan fingerprint density at radius 3 is 2.00 bits per heavy atom. The molecule has 4 N–H and O–H groups in total. The standard InChI is InChI=1S/C7H16N2S/c8-2-6-1-7(3-9)5-10-4-6/h6-7H,1-5,8-9H2. The topological polar surface area (TPSA) is 52.0 Å². The van der Waals surface area contributed by atoms with Gasteiger partial charge in [0, 0.05) is 0 Å². The minimum absolute atomic E-state index is 0.729. The largest absolute Gasteiger partial charge is 0.330 e. The first-order valence-corrected chi connectivity index (χ1v) is 5.00. The summed E-state index contributed by atoms with van der Waals surface area (Å²) < 4.78 is 0. The SMILES string of the molecule is NCC1CSCC(CN)C1. The molecule has 1 fully saturated rings. The smallest absolute Gasteiger partial charge is 0.00269 e. The van der Waals surface area contributed by atoms with Gasteiger partial charge in [0.2, 0.25) is 0 Å². The van der Waals surface area contributed by atoms with Crippen molar-refractivity contribution < 1.29 is 0 Å². The molecule has 1 rings (SSSR count). The average molecular weight is 160 g/mol.